The van der Waals surface area contributed by atoms with Crippen LogP contribution in [0.25, 0.3) is 0 Å². The third-order valence-electron chi connectivity index (χ3n) is 7.78. The predicted molar refractivity (Wildman–Crippen MR) is 112 cm³/mol. The smallest absolute Gasteiger partial charge is 0.336 e. The number of ether oxygens (including phenoxy) is 2. The maximum Gasteiger partial charge on any atom is 0.336 e. The van der Waals surface area contributed by atoms with Gasteiger partial charge in [-0.2, -0.15) is 0 Å². The lowest BCUT2D eigenvalue weighted by Crippen LogP contribution is -2.57. The first-order chi connectivity index (χ1) is 14.9. The SMILES string of the molecule is COC(=O)C1=CN(C23CC4CC(CC(C4)C2)C3)C=C(C(=O)OC)C1c1ccc(F)cc1. The van der Waals surface area contributed by atoms with Crippen molar-refractivity contribution in [3.63, 3.8) is 0 Å². The Kier molecular flexibility index (Phi) is 4.91. The first-order valence-corrected chi connectivity index (χ1v) is 11.1. The highest BCUT2D eigenvalue weighted by Gasteiger charge is 2.54. The average Bonchev–Trinajstić information content (AvgIpc) is 2.77. The number of carbonyl (C=O) groups is 2. The number of halogens is 1. The fourth-order valence-corrected chi connectivity index (χ4v) is 6.90. The molecule has 31 heavy (non-hydrogen) atoms. The van der Waals surface area contributed by atoms with E-state index in [2.05, 4.69) is 4.90 Å². The number of benzene rings is 1. The quantitative estimate of drug-likeness (QED) is 0.673. The Morgan fingerprint density at radius 3 is 1.74 bits per heavy atom. The minimum atomic E-state index is -0.661. The summed E-state index contributed by atoms with van der Waals surface area (Å²) >= 11 is 0. The molecule has 6 rings (SSSR count). The molecule has 0 unspecified atom stereocenters. The predicted octanol–water partition coefficient (Wildman–Crippen LogP) is 4.31. The van der Waals surface area contributed by atoms with Gasteiger partial charge in [0.15, 0.2) is 0 Å². The van der Waals surface area contributed by atoms with Crippen LogP contribution < -0.4 is 0 Å². The highest BCUT2D eigenvalue weighted by molar-refractivity contribution is 5.98. The van der Waals surface area contributed by atoms with E-state index in [1.54, 1.807) is 12.1 Å². The second-order valence-electron chi connectivity index (χ2n) is 9.69. The molecule has 4 aliphatic carbocycles. The molecule has 1 aliphatic heterocycles. The van der Waals surface area contributed by atoms with Gasteiger partial charge in [-0.25, -0.2) is 14.0 Å². The summed E-state index contributed by atoms with van der Waals surface area (Å²) in [6, 6.07) is 5.89. The minimum absolute atomic E-state index is 0.0684. The first-order valence-electron chi connectivity index (χ1n) is 11.1. The van der Waals surface area contributed by atoms with E-state index >= 15 is 0 Å². The average molecular weight is 426 g/mol. The minimum Gasteiger partial charge on any atom is -0.466 e. The van der Waals surface area contributed by atoms with Crippen LogP contribution in [0.3, 0.4) is 0 Å². The molecule has 0 atom stereocenters. The topological polar surface area (TPSA) is 55.8 Å². The van der Waals surface area contributed by atoms with Gasteiger partial charge in [0.25, 0.3) is 0 Å². The summed E-state index contributed by atoms with van der Waals surface area (Å²) in [6.45, 7) is 0. The summed E-state index contributed by atoms with van der Waals surface area (Å²) < 4.78 is 23.8. The van der Waals surface area contributed by atoms with Gasteiger partial charge in [0.05, 0.1) is 31.3 Å². The van der Waals surface area contributed by atoms with E-state index in [-0.39, 0.29) is 11.4 Å². The fourth-order valence-electron chi connectivity index (χ4n) is 6.90. The van der Waals surface area contributed by atoms with Crippen molar-refractivity contribution in [1.29, 1.82) is 0 Å². The number of hydrogen-bond acceptors (Lipinski definition) is 5. The second-order valence-corrected chi connectivity index (χ2v) is 9.69. The molecule has 0 saturated heterocycles. The Hall–Kier alpha value is -2.63. The number of methoxy groups -OCH3 is 2. The van der Waals surface area contributed by atoms with E-state index in [1.165, 1.54) is 45.6 Å². The molecular formula is C25H28FNO4. The maximum atomic E-state index is 13.6. The summed E-state index contributed by atoms with van der Waals surface area (Å²) in [4.78, 5) is 27.9. The van der Waals surface area contributed by atoms with E-state index in [1.807, 2.05) is 12.4 Å². The first kappa shape index (κ1) is 20.3. The molecule has 6 heteroatoms. The van der Waals surface area contributed by atoms with Gasteiger partial charge in [-0.05, 0) is 74.0 Å². The molecule has 1 aromatic rings. The third kappa shape index (κ3) is 3.36. The van der Waals surface area contributed by atoms with Crippen molar-refractivity contribution < 1.29 is 23.5 Å². The Morgan fingerprint density at radius 1 is 0.871 bits per heavy atom. The van der Waals surface area contributed by atoms with Crippen LogP contribution in [0, 0.1) is 23.6 Å². The van der Waals surface area contributed by atoms with Crippen LogP contribution in [-0.4, -0.2) is 36.6 Å². The zero-order valence-electron chi connectivity index (χ0n) is 18.0. The van der Waals surface area contributed by atoms with Crippen LogP contribution >= 0.6 is 0 Å². The molecule has 0 radical (unpaired) electrons. The molecule has 164 valence electrons. The molecule has 1 heterocycles. The molecule has 0 N–H and O–H groups in total. The van der Waals surface area contributed by atoms with Gasteiger partial charge in [-0.1, -0.05) is 12.1 Å². The number of carbonyl (C=O) groups excluding carboxylic acids is 2. The molecule has 5 nitrogen and oxygen atoms in total. The van der Waals surface area contributed by atoms with Crippen molar-refractivity contribution in [2.24, 2.45) is 17.8 Å². The van der Waals surface area contributed by atoms with Gasteiger partial charge >= 0.3 is 11.9 Å². The van der Waals surface area contributed by atoms with Crippen molar-refractivity contribution in [3.05, 3.63) is 59.2 Å². The Bertz CT molecular complexity index is 895. The lowest BCUT2D eigenvalue weighted by molar-refractivity contribution is -0.137. The van der Waals surface area contributed by atoms with Crippen LogP contribution in [0.5, 0.6) is 0 Å². The zero-order chi connectivity index (χ0) is 21.8. The Labute approximate surface area is 181 Å². The highest BCUT2D eigenvalue weighted by atomic mass is 19.1. The van der Waals surface area contributed by atoms with Crippen LogP contribution in [0.1, 0.15) is 50.0 Å². The lowest BCUT2D eigenvalue weighted by Gasteiger charge is -2.60. The van der Waals surface area contributed by atoms with Gasteiger partial charge in [0, 0.05) is 17.9 Å². The van der Waals surface area contributed by atoms with Crippen molar-refractivity contribution in [1.82, 2.24) is 4.90 Å². The third-order valence-corrected chi connectivity index (χ3v) is 7.78. The van der Waals surface area contributed by atoms with E-state index in [9.17, 15) is 14.0 Å². The summed E-state index contributed by atoms with van der Waals surface area (Å²) in [5, 5.41) is 0. The summed E-state index contributed by atoms with van der Waals surface area (Å²) in [7, 11) is 2.69. The number of esters is 2. The highest BCUT2D eigenvalue weighted by Crippen LogP contribution is 2.58. The van der Waals surface area contributed by atoms with Crippen LogP contribution in [0.15, 0.2) is 47.8 Å². The molecule has 0 amide bonds. The summed E-state index contributed by atoms with van der Waals surface area (Å²) in [5.74, 6) is 0.132. The Balaban J connectivity index is 1.61. The monoisotopic (exact) mass is 425 g/mol. The van der Waals surface area contributed by atoms with Crippen molar-refractivity contribution in [3.8, 4) is 0 Å². The summed E-state index contributed by atoms with van der Waals surface area (Å²) in [6.07, 6.45) is 10.9. The zero-order valence-corrected chi connectivity index (χ0v) is 18.0. The van der Waals surface area contributed by atoms with Crippen LogP contribution in [-0.2, 0) is 19.1 Å². The number of rotatable bonds is 4. The molecule has 4 bridgehead atoms. The van der Waals surface area contributed by atoms with E-state index < -0.39 is 17.9 Å². The van der Waals surface area contributed by atoms with Crippen molar-refractivity contribution in [2.45, 2.75) is 50.0 Å². The molecule has 0 spiro atoms. The van der Waals surface area contributed by atoms with Gasteiger partial charge in [-0.15, -0.1) is 0 Å². The van der Waals surface area contributed by atoms with Crippen molar-refractivity contribution in [2.75, 3.05) is 14.2 Å². The van der Waals surface area contributed by atoms with E-state index in [4.69, 9.17) is 9.47 Å². The van der Waals surface area contributed by atoms with E-state index in [0.29, 0.717) is 34.5 Å². The van der Waals surface area contributed by atoms with Gasteiger partial charge in [0.2, 0.25) is 0 Å². The van der Waals surface area contributed by atoms with Gasteiger partial charge in [-0.3, -0.25) is 0 Å². The van der Waals surface area contributed by atoms with Crippen LogP contribution in [0.4, 0.5) is 4.39 Å². The molecule has 5 aliphatic rings. The normalized spacial score (nSPS) is 31.8. The summed E-state index contributed by atoms with van der Waals surface area (Å²) in [5.41, 5.74) is 1.35. The number of nitrogens with zero attached hydrogens (tertiary/aromatic N) is 1. The standard InChI is InChI=1S/C25H28FNO4/c1-30-23(28)20-13-27(25-10-15-7-16(11-25)9-17(8-15)12-25)14-21(24(29)31-2)22(20)18-3-5-19(26)6-4-18/h3-6,13-17,22H,7-12H2,1-2H3. The molecule has 4 fully saturated rings. The lowest BCUT2D eigenvalue weighted by atomic mass is 9.52. The molecule has 0 aromatic heterocycles. The van der Waals surface area contributed by atoms with Gasteiger partial charge in [0.1, 0.15) is 5.82 Å². The number of hydrogen-bond donors (Lipinski definition) is 0. The molecular weight excluding hydrogens is 397 g/mol. The fraction of sp³-hybridized carbons (Fsp3) is 0.520. The molecule has 1 aromatic carbocycles. The molecule has 4 saturated carbocycles. The second kappa shape index (κ2) is 7.50. The maximum absolute atomic E-state index is 13.6. The van der Waals surface area contributed by atoms with Crippen LogP contribution in [0.2, 0.25) is 0 Å². The van der Waals surface area contributed by atoms with Gasteiger partial charge < -0.3 is 14.4 Å². The van der Waals surface area contributed by atoms with E-state index in [0.717, 1.165) is 19.3 Å². The largest absolute Gasteiger partial charge is 0.466 e. The van der Waals surface area contributed by atoms with Crippen molar-refractivity contribution >= 4 is 11.9 Å². The Morgan fingerprint density at radius 2 is 1.32 bits per heavy atom.